The van der Waals surface area contributed by atoms with Gasteiger partial charge in [0.1, 0.15) is 5.01 Å². The second-order valence-corrected chi connectivity index (χ2v) is 5.94. The molecular weight excluding hydrogens is 284 g/mol. The number of aromatic nitrogens is 1. The highest BCUT2D eigenvalue weighted by Crippen LogP contribution is 2.34. The Bertz CT molecular complexity index is 572. The Morgan fingerprint density at radius 2 is 2.14 bits per heavy atom. The standard InChI is InChI=1S/C16H20N2O2S/c1-2-6-17-15(16-18-7-10-21-16)12-4-5-13-14(11-12)20-9-3-8-19-13/h4-5,7,10-11,15,17H,2-3,6,8-9H2,1H3. The van der Waals surface area contributed by atoms with E-state index in [-0.39, 0.29) is 6.04 Å². The molecule has 0 aliphatic carbocycles. The summed E-state index contributed by atoms with van der Waals surface area (Å²) in [6, 6.07) is 6.30. The van der Waals surface area contributed by atoms with Gasteiger partial charge in [-0.1, -0.05) is 13.0 Å². The molecule has 0 saturated heterocycles. The van der Waals surface area contributed by atoms with Crippen molar-refractivity contribution in [2.24, 2.45) is 0 Å². The lowest BCUT2D eigenvalue weighted by Gasteiger charge is -2.18. The molecule has 0 radical (unpaired) electrons. The van der Waals surface area contributed by atoms with E-state index in [1.807, 2.05) is 17.6 Å². The summed E-state index contributed by atoms with van der Waals surface area (Å²) >= 11 is 1.67. The van der Waals surface area contributed by atoms with Crippen molar-refractivity contribution in [3.05, 3.63) is 40.3 Å². The fraction of sp³-hybridized carbons (Fsp3) is 0.438. The molecule has 1 unspecified atom stereocenters. The molecule has 21 heavy (non-hydrogen) atoms. The van der Waals surface area contributed by atoms with E-state index in [0.29, 0.717) is 6.61 Å². The highest BCUT2D eigenvalue weighted by atomic mass is 32.1. The van der Waals surface area contributed by atoms with Crippen molar-refractivity contribution in [3.63, 3.8) is 0 Å². The Labute approximate surface area is 129 Å². The SMILES string of the molecule is CCCNC(c1ccc2c(c1)OCCCO2)c1nccs1. The van der Waals surface area contributed by atoms with Crippen molar-refractivity contribution >= 4 is 11.3 Å². The average molecular weight is 304 g/mol. The van der Waals surface area contributed by atoms with E-state index in [9.17, 15) is 0 Å². The topological polar surface area (TPSA) is 43.4 Å². The summed E-state index contributed by atoms with van der Waals surface area (Å²) in [6.07, 6.45) is 3.87. The number of ether oxygens (including phenoxy) is 2. The van der Waals surface area contributed by atoms with Crippen LogP contribution in [-0.2, 0) is 0 Å². The largest absolute Gasteiger partial charge is 0.490 e. The molecule has 1 aliphatic rings. The third-order valence-corrected chi connectivity index (χ3v) is 4.24. The van der Waals surface area contributed by atoms with Gasteiger partial charge >= 0.3 is 0 Å². The molecule has 0 saturated carbocycles. The minimum absolute atomic E-state index is 0.113. The van der Waals surface area contributed by atoms with Crippen molar-refractivity contribution in [2.75, 3.05) is 19.8 Å². The van der Waals surface area contributed by atoms with Gasteiger partial charge in [0.15, 0.2) is 11.5 Å². The number of rotatable bonds is 5. The lowest BCUT2D eigenvalue weighted by molar-refractivity contribution is 0.297. The van der Waals surface area contributed by atoms with Crippen LogP contribution < -0.4 is 14.8 Å². The van der Waals surface area contributed by atoms with Crippen molar-refractivity contribution in [1.82, 2.24) is 10.3 Å². The first-order chi connectivity index (χ1) is 10.4. The van der Waals surface area contributed by atoms with E-state index in [1.54, 1.807) is 11.3 Å². The summed E-state index contributed by atoms with van der Waals surface area (Å²) < 4.78 is 11.5. The molecule has 5 heteroatoms. The molecule has 0 fully saturated rings. The van der Waals surface area contributed by atoms with E-state index < -0.39 is 0 Å². The molecule has 0 amide bonds. The number of fused-ring (bicyclic) bond motifs is 1. The predicted molar refractivity (Wildman–Crippen MR) is 84.3 cm³/mol. The van der Waals surface area contributed by atoms with Gasteiger partial charge in [0, 0.05) is 18.0 Å². The van der Waals surface area contributed by atoms with E-state index in [2.05, 4.69) is 29.4 Å². The molecule has 2 aromatic rings. The van der Waals surface area contributed by atoms with Gasteiger partial charge in [-0.3, -0.25) is 0 Å². The number of hydrogen-bond acceptors (Lipinski definition) is 5. The van der Waals surface area contributed by atoms with Crippen molar-refractivity contribution < 1.29 is 9.47 Å². The smallest absolute Gasteiger partial charge is 0.161 e. The van der Waals surface area contributed by atoms with Gasteiger partial charge < -0.3 is 14.8 Å². The molecule has 1 aliphatic heterocycles. The van der Waals surface area contributed by atoms with Gasteiger partial charge in [-0.2, -0.15) is 0 Å². The summed E-state index contributed by atoms with van der Waals surface area (Å²) in [4.78, 5) is 4.46. The van der Waals surface area contributed by atoms with E-state index in [0.717, 1.165) is 42.5 Å². The summed E-state index contributed by atoms with van der Waals surface area (Å²) in [5, 5.41) is 6.66. The van der Waals surface area contributed by atoms with Crippen LogP contribution in [0.3, 0.4) is 0 Å². The Balaban J connectivity index is 1.90. The number of hydrogen-bond donors (Lipinski definition) is 1. The lowest BCUT2D eigenvalue weighted by atomic mass is 10.1. The molecular formula is C16H20N2O2S. The number of nitrogens with one attached hydrogen (secondary N) is 1. The van der Waals surface area contributed by atoms with Gasteiger partial charge in [-0.15, -0.1) is 11.3 Å². The van der Waals surface area contributed by atoms with Crippen LogP contribution in [0.1, 0.15) is 36.4 Å². The van der Waals surface area contributed by atoms with Gasteiger partial charge in [-0.25, -0.2) is 4.98 Å². The molecule has 1 N–H and O–H groups in total. The molecule has 0 bridgehead atoms. The molecule has 1 atom stereocenters. The normalized spacial score (nSPS) is 15.5. The number of nitrogens with zero attached hydrogens (tertiary/aromatic N) is 1. The van der Waals surface area contributed by atoms with Gasteiger partial charge in [0.2, 0.25) is 0 Å². The monoisotopic (exact) mass is 304 g/mol. The zero-order valence-electron chi connectivity index (χ0n) is 12.2. The van der Waals surface area contributed by atoms with Crippen LogP contribution >= 0.6 is 11.3 Å². The minimum Gasteiger partial charge on any atom is -0.490 e. The number of thiazole rings is 1. The average Bonchev–Trinajstić information content (AvgIpc) is 2.93. The fourth-order valence-corrected chi connectivity index (χ4v) is 3.11. The maximum atomic E-state index is 5.79. The van der Waals surface area contributed by atoms with Crippen LogP contribution in [0, 0.1) is 0 Å². The second-order valence-electron chi connectivity index (χ2n) is 5.01. The Kier molecular flexibility index (Phi) is 4.72. The highest BCUT2D eigenvalue weighted by Gasteiger charge is 2.19. The first kappa shape index (κ1) is 14.4. The molecule has 0 spiro atoms. The maximum absolute atomic E-state index is 5.79. The van der Waals surface area contributed by atoms with Gasteiger partial charge in [-0.05, 0) is 30.7 Å². The highest BCUT2D eigenvalue weighted by molar-refractivity contribution is 7.09. The zero-order chi connectivity index (χ0) is 14.5. The van der Waals surface area contributed by atoms with Crippen molar-refractivity contribution in [2.45, 2.75) is 25.8 Å². The van der Waals surface area contributed by atoms with Gasteiger partial charge in [0.05, 0.1) is 19.3 Å². The molecule has 112 valence electrons. The van der Waals surface area contributed by atoms with E-state index in [4.69, 9.17) is 9.47 Å². The van der Waals surface area contributed by atoms with Crippen LogP contribution in [0.4, 0.5) is 0 Å². The summed E-state index contributed by atoms with van der Waals surface area (Å²) in [7, 11) is 0. The predicted octanol–water partition coefficient (Wildman–Crippen LogP) is 3.39. The second kappa shape index (κ2) is 6.91. The molecule has 2 heterocycles. The Hall–Kier alpha value is -1.59. The van der Waals surface area contributed by atoms with E-state index >= 15 is 0 Å². The molecule has 1 aromatic heterocycles. The van der Waals surface area contributed by atoms with Gasteiger partial charge in [0.25, 0.3) is 0 Å². The molecule has 3 rings (SSSR count). The third-order valence-electron chi connectivity index (χ3n) is 3.40. The van der Waals surface area contributed by atoms with Crippen LogP contribution in [0.25, 0.3) is 0 Å². The van der Waals surface area contributed by atoms with Crippen LogP contribution in [0.2, 0.25) is 0 Å². The quantitative estimate of drug-likeness (QED) is 0.919. The molecule has 4 nitrogen and oxygen atoms in total. The molecule has 1 aromatic carbocycles. The first-order valence-corrected chi connectivity index (χ1v) is 8.28. The minimum atomic E-state index is 0.113. The van der Waals surface area contributed by atoms with Crippen LogP contribution in [-0.4, -0.2) is 24.7 Å². The summed E-state index contributed by atoms with van der Waals surface area (Å²) in [5.41, 5.74) is 1.17. The summed E-state index contributed by atoms with van der Waals surface area (Å²) in [6.45, 7) is 4.55. The van der Waals surface area contributed by atoms with Crippen LogP contribution in [0.5, 0.6) is 11.5 Å². The van der Waals surface area contributed by atoms with E-state index in [1.165, 1.54) is 5.56 Å². The Morgan fingerprint density at radius 1 is 1.29 bits per heavy atom. The van der Waals surface area contributed by atoms with Crippen molar-refractivity contribution in [3.8, 4) is 11.5 Å². The third kappa shape index (κ3) is 3.36. The first-order valence-electron chi connectivity index (χ1n) is 7.41. The van der Waals surface area contributed by atoms with Crippen molar-refractivity contribution in [1.29, 1.82) is 0 Å². The Morgan fingerprint density at radius 3 is 2.90 bits per heavy atom. The lowest BCUT2D eigenvalue weighted by Crippen LogP contribution is -2.23. The number of benzene rings is 1. The summed E-state index contributed by atoms with van der Waals surface area (Å²) in [5.74, 6) is 1.68. The fourth-order valence-electron chi connectivity index (χ4n) is 2.37. The maximum Gasteiger partial charge on any atom is 0.161 e. The van der Waals surface area contributed by atoms with Crippen LogP contribution in [0.15, 0.2) is 29.8 Å². The zero-order valence-corrected chi connectivity index (χ0v) is 13.0.